The Morgan fingerprint density at radius 2 is 2.00 bits per heavy atom. The lowest BCUT2D eigenvalue weighted by molar-refractivity contribution is 0.700. The van der Waals surface area contributed by atoms with Gasteiger partial charge in [0.05, 0.1) is 5.39 Å². The van der Waals surface area contributed by atoms with Crippen LogP contribution in [0, 0.1) is 0 Å². The zero-order valence-electron chi connectivity index (χ0n) is 13.0. The van der Waals surface area contributed by atoms with E-state index in [1.807, 2.05) is 23.5 Å². The molecular formula is C17H16N6S. The van der Waals surface area contributed by atoms with Crippen LogP contribution in [-0.4, -0.2) is 25.4 Å². The molecule has 0 saturated carbocycles. The summed E-state index contributed by atoms with van der Waals surface area (Å²) in [5.74, 6) is 0.944. The first-order chi connectivity index (χ1) is 11.9. The summed E-state index contributed by atoms with van der Waals surface area (Å²) in [5, 5.41) is 15.6. The molecule has 0 atom stereocenters. The number of H-pyrrole nitrogens is 1. The van der Waals surface area contributed by atoms with Crippen LogP contribution in [-0.2, 0) is 19.4 Å². The van der Waals surface area contributed by atoms with Crippen molar-refractivity contribution in [3.05, 3.63) is 40.5 Å². The van der Waals surface area contributed by atoms with Crippen molar-refractivity contribution in [3.63, 3.8) is 0 Å². The fourth-order valence-electron chi connectivity index (χ4n) is 3.41. The van der Waals surface area contributed by atoms with Crippen LogP contribution < -0.4 is 5.32 Å². The molecule has 4 aromatic rings. The van der Waals surface area contributed by atoms with Gasteiger partial charge in [0, 0.05) is 11.4 Å². The number of nitrogens with zero attached hydrogens (tertiary/aromatic N) is 4. The van der Waals surface area contributed by atoms with E-state index in [0.717, 1.165) is 33.7 Å². The molecular weight excluding hydrogens is 320 g/mol. The van der Waals surface area contributed by atoms with Crippen LogP contribution in [0.25, 0.3) is 21.3 Å². The molecule has 3 heterocycles. The molecule has 6 nitrogen and oxygen atoms in total. The predicted octanol–water partition coefficient (Wildman–Crippen LogP) is 3.45. The van der Waals surface area contributed by atoms with E-state index in [2.05, 4.69) is 36.8 Å². The summed E-state index contributed by atoms with van der Waals surface area (Å²) in [5.41, 5.74) is 4.38. The van der Waals surface area contributed by atoms with Crippen molar-refractivity contribution in [2.75, 3.05) is 5.32 Å². The molecule has 24 heavy (non-hydrogen) atoms. The molecule has 0 aliphatic heterocycles. The highest BCUT2D eigenvalue weighted by atomic mass is 32.1. The van der Waals surface area contributed by atoms with Crippen LogP contribution in [0.1, 0.15) is 28.8 Å². The number of rotatable bonds is 3. The van der Waals surface area contributed by atoms with Crippen molar-refractivity contribution in [2.24, 2.45) is 0 Å². The molecule has 120 valence electrons. The lowest BCUT2D eigenvalue weighted by Crippen LogP contribution is -2.04. The van der Waals surface area contributed by atoms with E-state index in [0.29, 0.717) is 6.54 Å². The largest absolute Gasteiger partial charge is 0.365 e. The maximum atomic E-state index is 4.50. The van der Waals surface area contributed by atoms with Crippen molar-refractivity contribution in [3.8, 4) is 0 Å². The Morgan fingerprint density at radius 3 is 3.00 bits per heavy atom. The molecule has 7 heteroatoms. The molecule has 0 bridgehead atoms. The quantitative estimate of drug-likeness (QED) is 0.599. The van der Waals surface area contributed by atoms with E-state index in [9.17, 15) is 0 Å². The lowest BCUT2D eigenvalue weighted by atomic mass is 9.97. The number of anilines is 1. The number of aromatic amines is 1. The minimum Gasteiger partial charge on any atom is -0.365 e. The van der Waals surface area contributed by atoms with Crippen LogP contribution in [0.5, 0.6) is 0 Å². The minimum absolute atomic E-state index is 0.708. The van der Waals surface area contributed by atoms with E-state index in [-0.39, 0.29) is 0 Å². The van der Waals surface area contributed by atoms with E-state index >= 15 is 0 Å². The first kappa shape index (κ1) is 13.9. The molecule has 0 unspecified atom stereocenters. The average Bonchev–Trinajstić information content (AvgIpc) is 3.23. The van der Waals surface area contributed by atoms with Crippen molar-refractivity contribution >= 4 is 38.4 Å². The van der Waals surface area contributed by atoms with Crippen LogP contribution in [0.15, 0.2) is 24.5 Å². The predicted molar refractivity (Wildman–Crippen MR) is 95.3 cm³/mol. The van der Waals surface area contributed by atoms with Gasteiger partial charge in [-0.1, -0.05) is 6.07 Å². The van der Waals surface area contributed by atoms with Gasteiger partial charge in [0.15, 0.2) is 0 Å². The van der Waals surface area contributed by atoms with E-state index in [4.69, 9.17) is 0 Å². The molecule has 0 amide bonds. The molecule has 2 N–H and O–H groups in total. The molecule has 0 spiro atoms. The molecule has 1 aromatic carbocycles. The second-order valence-electron chi connectivity index (χ2n) is 6.11. The number of hydrogen-bond acceptors (Lipinski definition) is 6. The Balaban J connectivity index is 1.49. The fourth-order valence-corrected chi connectivity index (χ4v) is 4.63. The SMILES string of the molecule is c1nc(NCc2ccc3n[nH]nc3c2)c2c3c(sc2n1)CCCC3. The van der Waals surface area contributed by atoms with Gasteiger partial charge in [-0.25, -0.2) is 9.97 Å². The van der Waals surface area contributed by atoms with Gasteiger partial charge in [-0.3, -0.25) is 0 Å². The van der Waals surface area contributed by atoms with Crippen LogP contribution in [0.3, 0.4) is 0 Å². The highest BCUT2D eigenvalue weighted by Gasteiger charge is 2.19. The number of fused-ring (bicyclic) bond motifs is 4. The number of thiophene rings is 1. The summed E-state index contributed by atoms with van der Waals surface area (Å²) in [6, 6.07) is 6.10. The number of aromatic nitrogens is 5. The van der Waals surface area contributed by atoms with E-state index in [1.165, 1.54) is 35.1 Å². The van der Waals surface area contributed by atoms with Crippen LogP contribution in [0.4, 0.5) is 5.82 Å². The summed E-state index contributed by atoms with van der Waals surface area (Å²) < 4.78 is 0. The third-order valence-corrected chi connectivity index (χ3v) is 5.79. The normalized spacial score (nSPS) is 14.2. The standard InChI is InChI=1S/C17H16N6S/c1-2-4-14-11(3-1)15-16(19-9-20-17(15)24-14)18-8-10-5-6-12-13(7-10)22-23-21-12/h5-7,9H,1-4,8H2,(H,18,19,20)(H,21,22,23). The molecule has 1 aliphatic rings. The van der Waals surface area contributed by atoms with E-state index < -0.39 is 0 Å². The molecule has 0 saturated heterocycles. The van der Waals surface area contributed by atoms with Gasteiger partial charge in [-0.2, -0.15) is 15.4 Å². The Bertz CT molecular complexity index is 1030. The average molecular weight is 336 g/mol. The first-order valence-electron chi connectivity index (χ1n) is 8.17. The lowest BCUT2D eigenvalue weighted by Gasteiger charge is -2.12. The van der Waals surface area contributed by atoms with Gasteiger partial charge >= 0.3 is 0 Å². The van der Waals surface area contributed by atoms with Gasteiger partial charge in [0.2, 0.25) is 0 Å². The second kappa shape index (κ2) is 5.52. The summed E-state index contributed by atoms with van der Waals surface area (Å²) in [7, 11) is 0. The van der Waals surface area contributed by atoms with Crippen molar-refractivity contribution < 1.29 is 0 Å². The van der Waals surface area contributed by atoms with Gasteiger partial charge in [0.25, 0.3) is 0 Å². The van der Waals surface area contributed by atoms with Crippen molar-refractivity contribution in [2.45, 2.75) is 32.2 Å². The Morgan fingerprint density at radius 1 is 1.08 bits per heavy atom. The topological polar surface area (TPSA) is 79.4 Å². The minimum atomic E-state index is 0.708. The summed E-state index contributed by atoms with van der Waals surface area (Å²) >= 11 is 1.83. The monoisotopic (exact) mass is 336 g/mol. The number of aryl methyl sites for hydroxylation is 2. The van der Waals surface area contributed by atoms with Gasteiger partial charge < -0.3 is 5.32 Å². The molecule has 1 aliphatic carbocycles. The zero-order chi connectivity index (χ0) is 15.9. The zero-order valence-corrected chi connectivity index (χ0v) is 13.9. The van der Waals surface area contributed by atoms with Gasteiger partial charge in [-0.15, -0.1) is 11.3 Å². The molecule has 0 radical (unpaired) electrons. The highest BCUT2D eigenvalue weighted by Crippen LogP contribution is 2.38. The second-order valence-corrected chi connectivity index (χ2v) is 7.20. The van der Waals surface area contributed by atoms with Crippen molar-refractivity contribution in [1.29, 1.82) is 0 Å². The molecule has 5 rings (SSSR count). The maximum Gasteiger partial charge on any atom is 0.138 e. The Hall–Kier alpha value is -2.54. The number of benzene rings is 1. The summed E-state index contributed by atoms with van der Waals surface area (Å²) in [6.45, 7) is 0.708. The van der Waals surface area contributed by atoms with Crippen LogP contribution in [0.2, 0.25) is 0 Å². The number of nitrogens with one attached hydrogen (secondary N) is 2. The third kappa shape index (κ3) is 2.24. The van der Waals surface area contributed by atoms with Gasteiger partial charge in [0.1, 0.15) is 28.0 Å². The van der Waals surface area contributed by atoms with Crippen molar-refractivity contribution in [1.82, 2.24) is 25.4 Å². The molecule has 0 fully saturated rings. The number of hydrogen-bond donors (Lipinski definition) is 2. The summed E-state index contributed by atoms with van der Waals surface area (Å²) in [4.78, 5) is 11.6. The Labute approximate surface area is 142 Å². The summed E-state index contributed by atoms with van der Waals surface area (Å²) in [6.07, 6.45) is 6.53. The fraction of sp³-hybridized carbons (Fsp3) is 0.294. The highest BCUT2D eigenvalue weighted by molar-refractivity contribution is 7.19. The van der Waals surface area contributed by atoms with Gasteiger partial charge in [-0.05, 0) is 48.9 Å². The first-order valence-corrected chi connectivity index (χ1v) is 8.99. The third-order valence-electron chi connectivity index (χ3n) is 4.59. The van der Waals surface area contributed by atoms with Crippen LogP contribution >= 0.6 is 11.3 Å². The Kier molecular flexibility index (Phi) is 3.19. The van der Waals surface area contributed by atoms with E-state index in [1.54, 1.807) is 6.33 Å². The molecule has 3 aromatic heterocycles. The smallest absolute Gasteiger partial charge is 0.138 e. The maximum absolute atomic E-state index is 4.50.